The van der Waals surface area contributed by atoms with E-state index in [0.717, 1.165) is 5.56 Å². The maximum absolute atomic E-state index is 12.0. The van der Waals surface area contributed by atoms with Gasteiger partial charge in [0.1, 0.15) is 6.10 Å². The molecule has 3 heteroatoms. The molecular formula is C14H11NO2. The zero-order valence-corrected chi connectivity index (χ0v) is 9.05. The number of benzene rings is 2. The van der Waals surface area contributed by atoms with Crippen molar-refractivity contribution in [2.24, 2.45) is 0 Å². The van der Waals surface area contributed by atoms with Crippen molar-refractivity contribution in [3.63, 3.8) is 0 Å². The topological polar surface area (TPSA) is 49.3 Å². The lowest BCUT2D eigenvalue weighted by atomic mass is 9.97. The fourth-order valence-electron chi connectivity index (χ4n) is 2.15. The van der Waals surface area contributed by atoms with Crippen LogP contribution in [0.2, 0.25) is 0 Å². The first-order chi connectivity index (χ1) is 8.27. The fourth-order valence-corrected chi connectivity index (χ4v) is 2.15. The van der Waals surface area contributed by atoms with Crippen LogP contribution in [0.25, 0.3) is 0 Å². The lowest BCUT2D eigenvalue weighted by Crippen LogP contribution is -2.11. The van der Waals surface area contributed by atoms with E-state index in [4.69, 9.17) is 0 Å². The van der Waals surface area contributed by atoms with Crippen molar-refractivity contribution in [3.05, 3.63) is 65.2 Å². The van der Waals surface area contributed by atoms with Gasteiger partial charge in [-0.05, 0) is 17.7 Å². The minimum absolute atomic E-state index is 0.176. The first-order valence-electron chi connectivity index (χ1n) is 5.44. The summed E-state index contributed by atoms with van der Waals surface area (Å²) >= 11 is 0. The van der Waals surface area contributed by atoms with E-state index in [1.54, 1.807) is 24.3 Å². The van der Waals surface area contributed by atoms with Crippen molar-refractivity contribution in [1.29, 1.82) is 0 Å². The quantitative estimate of drug-likeness (QED) is 0.723. The highest BCUT2D eigenvalue weighted by Gasteiger charge is 2.24. The Morgan fingerprint density at radius 3 is 2.41 bits per heavy atom. The third kappa shape index (κ3) is 1.52. The molecule has 0 saturated heterocycles. The number of fused-ring (bicyclic) bond motifs is 2. The summed E-state index contributed by atoms with van der Waals surface area (Å²) in [5.41, 5.74) is 2.57. The average molecular weight is 225 g/mol. The van der Waals surface area contributed by atoms with Crippen molar-refractivity contribution in [2.45, 2.75) is 6.10 Å². The van der Waals surface area contributed by atoms with Crippen LogP contribution in [0.5, 0.6) is 0 Å². The Hall–Kier alpha value is -2.13. The van der Waals surface area contributed by atoms with Crippen molar-refractivity contribution >= 4 is 11.6 Å². The van der Waals surface area contributed by atoms with Gasteiger partial charge in [0.2, 0.25) is 0 Å². The molecule has 0 aromatic heterocycles. The molecule has 0 bridgehead atoms. The van der Waals surface area contributed by atoms with Crippen LogP contribution in [-0.2, 0) is 0 Å². The van der Waals surface area contributed by atoms with Gasteiger partial charge in [-0.25, -0.2) is 0 Å². The third-order valence-electron chi connectivity index (χ3n) is 3.00. The number of aliphatic hydroxyl groups is 1. The molecule has 0 aliphatic carbocycles. The molecule has 1 amide bonds. The molecule has 2 aromatic carbocycles. The number of rotatable bonds is 0. The molecule has 0 unspecified atom stereocenters. The molecule has 1 atom stereocenters. The van der Waals surface area contributed by atoms with Crippen molar-refractivity contribution < 1.29 is 9.90 Å². The van der Waals surface area contributed by atoms with Gasteiger partial charge in [0.05, 0.1) is 0 Å². The first-order valence-corrected chi connectivity index (χ1v) is 5.44. The van der Waals surface area contributed by atoms with Crippen LogP contribution in [0.15, 0.2) is 48.5 Å². The predicted molar refractivity (Wildman–Crippen MR) is 64.9 cm³/mol. The zero-order chi connectivity index (χ0) is 11.8. The van der Waals surface area contributed by atoms with E-state index in [-0.39, 0.29) is 5.91 Å². The monoisotopic (exact) mass is 225 g/mol. The summed E-state index contributed by atoms with van der Waals surface area (Å²) in [4.78, 5) is 12.0. The van der Waals surface area contributed by atoms with Gasteiger partial charge >= 0.3 is 0 Å². The van der Waals surface area contributed by atoms with E-state index in [2.05, 4.69) is 5.32 Å². The Morgan fingerprint density at radius 1 is 0.941 bits per heavy atom. The van der Waals surface area contributed by atoms with E-state index in [1.807, 2.05) is 24.3 Å². The minimum atomic E-state index is -0.763. The number of anilines is 1. The normalized spacial score (nSPS) is 17.7. The largest absolute Gasteiger partial charge is 0.384 e. The van der Waals surface area contributed by atoms with Crippen LogP contribution in [0.4, 0.5) is 5.69 Å². The van der Waals surface area contributed by atoms with Gasteiger partial charge in [-0.2, -0.15) is 0 Å². The number of amides is 1. The number of aliphatic hydroxyl groups excluding tert-OH is 1. The highest BCUT2D eigenvalue weighted by molar-refractivity contribution is 6.07. The maximum Gasteiger partial charge on any atom is 0.256 e. The van der Waals surface area contributed by atoms with Crippen molar-refractivity contribution in [3.8, 4) is 0 Å². The Labute approximate surface area is 98.7 Å². The predicted octanol–water partition coefficient (Wildman–Crippen LogP) is 2.33. The highest BCUT2D eigenvalue weighted by Crippen LogP contribution is 2.33. The standard InChI is InChI=1S/C14H11NO2/c16-13-9-5-1-2-6-10(9)14(17)15-12-8-4-3-7-11(12)13/h1-8,13,16H,(H,15,17)/t13-/m1/s1. The molecule has 0 saturated carbocycles. The summed E-state index contributed by atoms with van der Waals surface area (Å²) in [6, 6.07) is 14.4. The molecule has 1 aliphatic heterocycles. The second kappa shape index (κ2) is 3.71. The fraction of sp³-hybridized carbons (Fsp3) is 0.0714. The summed E-state index contributed by atoms with van der Waals surface area (Å²) in [5, 5.41) is 13.1. The summed E-state index contributed by atoms with van der Waals surface area (Å²) in [6.45, 7) is 0. The first kappa shape index (κ1) is 10.1. The van der Waals surface area contributed by atoms with Gasteiger partial charge in [-0.3, -0.25) is 4.79 Å². The number of carbonyl (C=O) groups is 1. The van der Waals surface area contributed by atoms with Crippen molar-refractivity contribution in [2.75, 3.05) is 5.32 Å². The Balaban J connectivity index is 2.26. The average Bonchev–Trinajstić information content (AvgIpc) is 2.48. The minimum Gasteiger partial charge on any atom is -0.384 e. The molecule has 1 heterocycles. The molecule has 2 aromatic rings. The van der Waals surface area contributed by atoms with Crippen LogP contribution >= 0.6 is 0 Å². The van der Waals surface area contributed by atoms with Crippen LogP contribution in [-0.4, -0.2) is 11.0 Å². The second-order valence-electron chi connectivity index (χ2n) is 4.03. The third-order valence-corrected chi connectivity index (χ3v) is 3.00. The molecule has 17 heavy (non-hydrogen) atoms. The number of hydrogen-bond acceptors (Lipinski definition) is 2. The van der Waals surface area contributed by atoms with Crippen LogP contribution in [0.3, 0.4) is 0 Å². The van der Waals surface area contributed by atoms with Gasteiger partial charge in [0.15, 0.2) is 0 Å². The molecule has 0 spiro atoms. The van der Waals surface area contributed by atoms with Gasteiger partial charge in [-0.1, -0.05) is 36.4 Å². The molecule has 84 valence electrons. The smallest absolute Gasteiger partial charge is 0.256 e. The molecular weight excluding hydrogens is 214 g/mol. The van der Waals surface area contributed by atoms with Gasteiger partial charge in [0, 0.05) is 16.8 Å². The van der Waals surface area contributed by atoms with Crippen LogP contribution < -0.4 is 5.32 Å². The second-order valence-corrected chi connectivity index (χ2v) is 4.03. The summed E-state index contributed by atoms with van der Waals surface area (Å²) in [5.74, 6) is -0.176. The molecule has 0 radical (unpaired) electrons. The summed E-state index contributed by atoms with van der Waals surface area (Å²) in [6.07, 6.45) is -0.763. The highest BCUT2D eigenvalue weighted by atomic mass is 16.3. The maximum atomic E-state index is 12.0. The van der Waals surface area contributed by atoms with Gasteiger partial charge in [-0.15, -0.1) is 0 Å². The lowest BCUT2D eigenvalue weighted by molar-refractivity contribution is 0.102. The Kier molecular flexibility index (Phi) is 2.20. The zero-order valence-electron chi connectivity index (χ0n) is 9.05. The van der Waals surface area contributed by atoms with E-state index < -0.39 is 6.10 Å². The SMILES string of the molecule is O=C1Nc2ccccc2[C@H](O)c2ccccc21. The van der Waals surface area contributed by atoms with Gasteiger partial charge in [0.25, 0.3) is 5.91 Å². The molecule has 1 aliphatic rings. The molecule has 2 N–H and O–H groups in total. The lowest BCUT2D eigenvalue weighted by Gasteiger charge is -2.12. The number of nitrogens with one attached hydrogen (secondary N) is 1. The summed E-state index contributed by atoms with van der Waals surface area (Å²) in [7, 11) is 0. The van der Waals surface area contributed by atoms with E-state index in [1.165, 1.54) is 0 Å². The molecule has 0 fully saturated rings. The molecule has 3 nitrogen and oxygen atoms in total. The van der Waals surface area contributed by atoms with Gasteiger partial charge < -0.3 is 10.4 Å². The Morgan fingerprint density at radius 2 is 1.59 bits per heavy atom. The molecule has 3 rings (SSSR count). The van der Waals surface area contributed by atoms with E-state index in [0.29, 0.717) is 16.8 Å². The number of para-hydroxylation sites is 1. The van der Waals surface area contributed by atoms with Crippen molar-refractivity contribution in [1.82, 2.24) is 0 Å². The summed E-state index contributed by atoms with van der Waals surface area (Å²) < 4.78 is 0. The van der Waals surface area contributed by atoms with E-state index in [9.17, 15) is 9.90 Å². The Bertz CT molecular complexity index is 592. The number of carbonyl (C=O) groups excluding carboxylic acids is 1. The number of hydrogen-bond donors (Lipinski definition) is 2. The van der Waals surface area contributed by atoms with Crippen LogP contribution in [0, 0.1) is 0 Å². The van der Waals surface area contributed by atoms with Crippen LogP contribution in [0.1, 0.15) is 27.6 Å². The van der Waals surface area contributed by atoms with E-state index >= 15 is 0 Å².